The van der Waals surface area contributed by atoms with Gasteiger partial charge in [-0.15, -0.1) is 23.2 Å². The van der Waals surface area contributed by atoms with Crippen molar-refractivity contribution in [1.82, 2.24) is 0 Å². The van der Waals surface area contributed by atoms with Crippen LogP contribution in [0.25, 0.3) is 0 Å². The van der Waals surface area contributed by atoms with Gasteiger partial charge in [0, 0.05) is 18.3 Å². The largest absolute Gasteiger partial charge is 0.481 e. The summed E-state index contributed by atoms with van der Waals surface area (Å²) < 4.78 is -2.18. The summed E-state index contributed by atoms with van der Waals surface area (Å²) in [5.41, 5.74) is 0.676. The third-order valence-electron chi connectivity index (χ3n) is 4.93. The molecule has 6 nitrogen and oxygen atoms in total. The van der Waals surface area contributed by atoms with E-state index in [4.69, 9.17) is 69.6 Å². The number of alkyl halides is 4. The van der Waals surface area contributed by atoms with Crippen molar-refractivity contribution in [2.45, 2.75) is 21.0 Å². The number of rotatable bonds is 4. The Morgan fingerprint density at radius 2 is 1.41 bits per heavy atom. The molecule has 12 heteroatoms. The Kier molecular flexibility index (Phi) is 5.78. The molecular formula is C17H12Cl6N2O4. The van der Waals surface area contributed by atoms with E-state index in [-0.39, 0.29) is 21.7 Å². The number of nitrogens with one attached hydrogen (secondary N) is 2. The van der Waals surface area contributed by atoms with E-state index in [1.807, 2.05) is 0 Å². The van der Waals surface area contributed by atoms with Crippen molar-refractivity contribution in [3.8, 4) is 0 Å². The van der Waals surface area contributed by atoms with Gasteiger partial charge in [0.25, 0.3) is 0 Å². The molecule has 2 amide bonds. The fourth-order valence-electron chi connectivity index (χ4n) is 3.73. The van der Waals surface area contributed by atoms with E-state index in [0.29, 0.717) is 5.69 Å². The summed E-state index contributed by atoms with van der Waals surface area (Å²) in [5, 5.41) is 14.3. The van der Waals surface area contributed by atoms with Gasteiger partial charge in [-0.05, 0) is 18.2 Å². The summed E-state index contributed by atoms with van der Waals surface area (Å²) in [6.07, 6.45) is 0. The van der Waals surface area contributed by atoms with Crippen molar-refractivity contribution in [3.05, 3.63) is 34.3 Å². The molecule has 0 saturated heterocycles. The van der Waals surface area contributed by atoms with Crippen LogP contribution in [0.2, 0.25) is 0 Å². The Bertz CT molecular complexity index is 967. The van der Waals surface area contributed by atoms with Gasteiger partial charge < -0.3 is 15.7 Å². The highest BCUT2D eigenvalue weighted by Crippen LogP contribution is 2.76. The van der Waals surface area contributed by atoms with Gasteiger partial charge in [-0.25, -0.2) is 0 Å². The smallest absolute Gasteiger partial charge is 0.309 e. The van der Waals surface area contributed by atoms with Crippen LogP contribution < -0.4 is 10.6 Å². The molecule has 1 aromatic rings. The second-order valence-corrected chi connectivity index (χ2v) is 9.95. The number of aliphatic carboxylic acids is 1. The minimum Gasteiger partial charge on any atom is -0.481 e. The number of amides is 2. The van der Waals surface area contributed by atoms with Gasteiger partial charge in [0.05, 0.1) is 21.9 Å². The number of allylic oxidation sites excluding steroid dienone is 2. The maximum Gasteiger partial charge on any atom is 0.309 e. The Labute approximate surface area is 195 Å². The molecule has 1 saturated carbocycles. The highest BCUT2D eigenvalue weighted by Gasteiger charge is 2.85. The molecule has 0 radical (unpaired) electrons. The Hall–Kier alpha value is -0.890. The highest BCUT2D eigenvalue weighted by atomic mass is 35.5. The number of benzene rings is 1. The fourth-order valence-corrected chi connectivity index (χ4v) is 6.66. The van der Waals surface area contributed by atoms with Crippen molar-refractivity contribution < 1.29 is 19.5 Å². The Balaban J connectivity index is 2.03. The summed E-state index contributed by atoms with van der Waals surface area (Å²) in [5.74, 6) is -5.82. The topological polar surface area (TPSA) is 95.5 Å². The van der Waals surface area contributed by atoms with E-state index < -0.39 is 37.8 Å². The van der Waals surface area contributed by atoms with E-state index in [1.54, 1.807) is 12.1 Å². The minimum absolute atomic E-state index is 0.262. The van der Waals surface area contributed by atoms with Crippen LogP contribution in [0, 0.1) is 11.8 Å². The number of hydrogen-bond acceptors (Lipinski definition) is 3. The zero-order chi connectivity index (χ0) is 21.9. The number of carboxylic acid groups (broad SMARTS) is 1. The first-order valence-corrected chi connectivity index (χ1v) is 10.3. The van der Waals surface area contributed by atoms with E-state index in [1.165, 1.54) is 19.1 Å². The maximum atomic E-state index is 13.1. The average molecular weight is 521 g/mol. The standard InChI is InChI=1S/C17H12Cl6N2O4/c1-6(26)24-7-3-2-4-8(5-7)25-13(27)9-10(14(28)29)16(21)12(19)11(18)15(9,20)17(16,22)23/h2-5,9-10H,1H3,(H,24,26)(H,25,27)(H,28,29)/t9-,10+,15+,16+/m0/s1. The zero-order valence-corrected chi connectivity index (χ0v) is 18.9. The number of carboxylic acids is 1. The third-order valence-corrected chi connectivity index (χ3v) is 9.19. The molecule has 2 bridgehead atoms. The fraction of sp³-hybridized carbons (Fsp3) is 0.353. The molecule has 1 fully saturated rings. The predicted octanol–water partition coefficient (Wildman–Crippen LogP) is 4.75. The number of hydrogen-bond donors (Lipinski definition) is 3. The predicted molar refractivity (Wildman–Crippen MR) is 114 cm³/mol. The van der Waals surface area contributed by atoms with Gasteiger partial charge >= 0.3 is 5.97 Å². The minimum atomic E-state index is -2.18. The second-order valence-electron chi connectivity index (χ2n) is 6.67. The van der Waals surface area contributed by atoms with E-state index in [0.717, 1.165) is 0 Å². The molecule has 2 aliphatic rings. The van der Waals surface area contributed by atoms with Gasteiger partial charge in [0.2, 0.25) is 11.8 Å². The molecule has 29 heavy (non-hydrogen) atoms. The number of fused-ring (bicyclic) bond motifs is 2. The molecule has 0 unspecified atom stereocenters. The average Bonchev–Trinajstić information content (AvgIpc) is 2.81. The Morgan fingerprint density at radius 3 is 1.90 bits per heavy atom. The van der Waals surface area contributed by atoms with E-state index in [9.17, 15) is 19.5 Å². The van der Waals surface area contributed by atoms with Crippen LogP contribution in [0.4, 0.5) is 11.4 Å². The molecule has 4 atom stereocenters. The maximum absolute atomic E-state index is 13.1. The zero-order valence-electron chi connectivity index (χ0n) is 14.4. The lowest BCUT2D eigenvalue weighted by atomic mass is 9.81. The summed E-state index contributed by atoms with van der Waals surface area (Å²) in [4.78, 5) is 32.1. The summed E-state index contributed by atoms with van der Waals surface area (Å²) >= 11 is 38.1. The van der Waals surface area contributed by atoms with Crippen molar-refractivity contribution in [1.29, 1.82) is 0 Å². The highest BCUT2D eigenvalue weighted by molar-refractivity contribution is 6.66. The second kappa shape index (κ2) is 7.36. The molecule has 2 aliphatic carbocycles. The molecular weight excluding hydrogens is 509 g/mol. The quantitative estimate of drug-likeness (QED) is 0.499. The van der Waals surface area contributed by atoms with Crippen molar-refractivity contribution in [2.24, 2.45) is 11.8 Å². The molecule has 0 aliphatic heterocycles. The number of carbonyl (C=O) groups excluding carboxylic acids is 2. The molecule has 3 rings (SSSR count). The van der Waals surface area contributed by atoms with E-state index >= 15 is 0 Å². The van der Waals surface area contributed by atoms with Crippen molar-refractivity contribution in [3.63, 3.8) is 0 Å². The van der Waals surface area contributed by atoms with Gasteiger partial charge in [0.15, 0.2) is 4.33 Å². The van der Waals surface area contributed by atoms with Gasteiger partial charge in [-0.2, -0.15) is 0 Å². The van der Waals surface area contributed by atoms with Crippen LogP contribution in [0.3, 0.4) is 0 Å². The first-order valence-electron chi connectivity index (χ1n) is 8.03. The van der Waals surface area contributed by atoms with Gasteiger partial charge in [0.1, 0.15) is 9.75 Å². The molecule has 0 heterocycles. The first kappa shape index (κ1) is 22.8. The molecule has 1 aromatic carbocycles. The summed E-state index contributed by atoms with van der Waals surface area (Å²) in [6, 6.07) is 6.18. The van der Waals surface area contributed by atoms with Crippen LogP contribution in [0.1, 0.15) is 6.92 Å². The van der Waals surface area contributed by atoms with Crippen LogP contribution in [-0.2, 0) is 14.4 Å². The molecule has 3 N–H and O–H groups in total. The van der Waals surface area contributed by atoms with Crippen LogP contribution >= 0.6 is 69.6 Å². The lowest BCUT2D eigenvalue weighted by molar-refractivity contribution is -0.146. The summed E-state index contributed by atoms with van der Waals surface area (Å²) in [6.45, 7) is 1.33. The van der Waals surface area contributed by atoms with Crippen molar-refractivity contribution >= 4 is 98.8 Å². The van der Waals surface area contributed by atoms with Gasteiger partial charge in [-0.3, -0.25) is 14.4 Å². The van der Waals surface area contributed by atoms with Gasteiger partial charge in [-0.1, -0.05) is 52.5 Å². The van der Waals surface area contributed by atoms with Crippen LogP contribution in [0.15, 0.2) is 34.3 Å². The molecule has 0 spiro atoms. The molecule has 0 aromatic heterocycles. The van der Waals surface area contributed by atoms with Crippen LogP contribution in [-0.4, -0.2) is 37.0 Å². The lowest BCUT2D eigenvalue weighted by Crippen LogP contribution is -2.47. The number of carbonyl (C=O) groups is 3. The molecule has 156 valence electrons. The number of anilines is 2. The summed E-state index contributed by atoms with van der Waals surface area (Å²) in [7, 11) is 0. The monoisotopic (exact) mass is 518 g/mol. The number of halogens is 6. The van der Waals surface area contributed by atoms with Crippen molar-refractivity contribution in [2.75, 3.05) is 10.6 Å². The SMILES string of the molecule is CC(=O)Nc1cccc(NC(=O)[C@@H]2[C@H](C(=O)O)[C@@]3(Cl)C(Cl)=C(Cl)[C@@]2(Cl)C3(Cl)Cl)c1. The lowest BCUT2D eigenvalue weighted by Gasteiger charge is -2.33. The normalized spacial score (nSPS) is 32.2. The van der Waals surface area contributed by atoms with E-state index in [2.05, 4.69) is 10.6 Å². The van der Waals surface area contributed by atoms with Crippen LogP contribution in [0.5, 0.6) is 0 Å². The third kappa shape index (κ3) is 3.03. The first-order chi connectivity index (χ1) is 13.3. The Morgan fingerprint density at radius 1 is 0.931 bits per heavy atom.